The summed E-state index contributed by atoms with van der Waals surface area (Å²) in [6.45, 7) is 8.74. The van der Waals surface area contributed by atoms with Crippen LogP contribution in [0, 0.1) is 11.7 Å². The fourth-order valence-corrected chi connectivity index (χ4v) is 3.31. The monoisotopic (exact) mass is 328 g/mol. The smallest absolute Gasteiger partial charge is 0.137 e. The zero-order valence-electron chi connectivity index (χ0n) is 11.8. The van der Waals surface area contributed by atoms with E-state index in [4.69, 9.17) is 0 Å². The molecule has 0 radical (unpaired) electrons. The second-order valence-corrected chi connectivity index (χ2v) is 6.20. The molecule has 2 rings (SSSR count). The highest BCUT2D eigenvalue weighted by Crippen LogP contribution is 2.31. The van der Waals surface area contributed by atoms with Gasteiger partial charge in [-0.15, -0.1) is 0 Å². The highest BCUT2D eigenvalue weighted by Gasteiger charge is 2.32. The van der Waals surface area contributed by atoms with Gasteiger partial charge in [0.2, 0.25) is 0 Å². The quantitative estimate of drug-likeness (QED) is 0.907. The molecule has 2 nitrogen and oxygen atoms in total. The van der Waals surface area contributed by atoms with Crippen LogP contribution in [0.4, 0.5) is 10.1 Å². The van der Waals surface area contributed by atoms with Crippen molar-refractivity contribution < 1.29 is 4.39 Å². The van der Waals surface area contributed by atoms with Crippen LogP contribution >= 0.6 is 15.9 Å². The summed E-state index contributed by atoms with van der Waals surface area (Å²) in [5.41, 5.74) is 1.10. The molecule has 3 unspecified atom stereocenters. The van der Waals surface area contributed by atoms with Gasteiger partial charge >= 0.3 is 0 Å². The van der Waals surface area contributed by atoms with Crippen molar-refractivity contribution in [2.75, 3.05) is 18.0 Å². The van der Waals surface area contributed by atoms with Gasteiger partial charge < -0.3 is 10.2 Å². The third-order valence-corrected chi connectivity index (χ3v) is 4.88. The predicted molar refractivity (Wildman–Crippen MR) is 82.2 cm³/mol. The van der Waals surface area contributed by atoms with Gasteiger partial charge in [0.1, 0.15) is 5.82 Å². The SMILES string of the molecule is CCNC1CCN(c2ccc(F)c(Br)c2)C(C)C1C. The number of halogens is 2. The first-order chi connectivity index (χ1) is 9.04. The van der Waals surface area contributed by atoms with Gasteiger partial charge in [-0.05, 0) is 59.9 Å². The van der Waals surface area contributed by atoms with Crippen LogP contribution in [0.15, 0.2) is 22.7 Å². The summed E-state index contributed by atoms with van der Waals surface area (Å²) >= 11 is 3.27. The molecular weight excluding hydrogens is 307 g/mol. The third-order valence-electron chi connectivity index (χ3n) is 4.27. The molecule has 0 aromatic heterocycles. The number of nitrogens with zero attached hydrogens (tertiary/aromatic N) is 1. The highest BCUT2D eigenvalue weighted by atomic mass is 79.9. The number of anilines is 1. The van der Waals surface area contributed by atoms with Gasteiger partial charge in [0, 0.05) is 24.3 Å². The Morgan fingerprint density at radius 1 is 1.42 bits per heavy atom. The minimum Gasteiger partial charge on any atom is -0.368 e. The molecule has 0 aliphatic carbocycles. The largest absolute Gasteiger partial charge is 0.368 e. The summed E-state index contributed by atoms with van der Waals surface area (Å²) in [6.07, 6.45) is 1.13. The molecule has 1 N–H and O–H groups in total. The Kier molecular flexibility index (Phi) is 4.85. The molecule has 106 valence electrons. The van der Waals surface area contributed by atoms with Crippen LogP contribution in [0.3, 0.4) is 0 Å². The second-order valence-electron chi connectivity index (χ2n) is 5.34. The highest BCUT2D eigenvalue weighted by molar-refractivity contribution is 9.10. The molecule has 1 fully saturated rings. The molecule has 1 aromatic rings. The Balaban J connectivity index is 2.15. The van der Waals surface area contributed by atoms with Crippen molar-refractivity contribution in [2.24, 2.45) is 5.92 Å². The average Bonchev–Trinajstić information content (AvgIpc) is 2.39. The average molecular weight is 329 g/mol. The van der Waals surface area contributed by atoms with Gasteiger partial charge in [-0.2, -0.15) is 0 Å². The Bertz CT molecular complexity index is 438. The summed E-state index contributed by atoms with van der Waals surface area (Å²) in [7, 11) is 0. The molecule has 0 amide bonds. The standard InChI is InChI=1S/C15H22BrFN2/c1-4-18-15-7-8-19(11(3)10(15)2)12-5-6-14(17)13(16)9-12/h5-6,9-11,15,18H,4,7-8H2,1-3H3. The van der Waals surface area contributed by atoms with E-state index in [0.29, 0.717) is 22.5 Å². The summed E-state index contributed by atoms with van der Waals surface area (Å²) < 4.78 is 13.9. The number of hydrogen-bond acceptors (Lipinski definition) is 2. The lowest BCUT2D eigenvalue weighted by Gasteiger charge is -2.44. The lowest BCUT2D eigenvalue weighted by Crippen LogP contribution is -2.53. The Morgan fingerprint density at radius 2 is 2.16 bits per heavy atom. The van der Waals surface area contributed by atoms with Crippen LogP contribution in [0.5, 0.6) is 0 Å². The van der Waals surface area contributed by atoms with Crippen LogP contribution in [-0.4, -0.2) is 25.2 Å². The number of piperidine rings is 1. The van der Waals surface area contributed by atoms with Crippen molar-refractivity contribution >= 4 is 21.6 Å². The molecule has 19 heavy (non-hydrogen) atoms. The second kappa shape index (κ2) is 6.23. The van der Waals surface area contributed by atoms with E-state index in [0.717, 1.165) is 25.2 Å². The number of benzene rings is 1. The normalized spacial score (nSPS) is 27.6. The molecule has 0 spiro atoms. The van der Waals surface area contributed by atoms with Crippen molar-refractivity contribution in [3.8, 4) is 0 Å². The molecule has 1 aromatic carbocycles. The van der Waals surface area contributed by atoms with E-state index in [-0.39, 0.29) is 5.82 Å². The molecule has 1 heterocycles. The fraction of sp³-hybridized carbons (Fsp3) is 0.600. The van der Waals surface area contributed by atoms with Gasteiger partial charge in [-0.25, -0.2) is 4.39 Å². The zero-order valence-corrected chi connectivity index (χ0v) is 13.4. The molecule has 3 atom stereocenters. The van der Waals surface area contributed by atoms with Gasteiger partial charge in [-0.3, -0.25) is 0 Å². The maximum Gasteiger partial charge on any atom is 0.137 e. The first-order valence-electron chi connectivity index (χ1n) is 6.99. The Hall–Kier alpha value is -0.610. The van der Waals surface area contributed by atoms with Gasteiger partial charge in [0.15, 0.2) is 0 Å². The van der Waals surface area contributed by atoms with E-state index in [2.05, 4.69) is 46.9 Å². The fourth-order valence-electron chi connectivity index (χ4n) is 2.94. The number of nitrogens with one attached hydrogen (secondary N) is 1. The number of hydrogen-bond donors (Lipinski definition) is 1. The van der Waals surface area contributed by atoms with Crippen LogP contribution in [0.25, 0.3) is 0 Å². The van der Waals surface area contributed by atoms with Crippen molar-refractivity contribution in [1.82, 2.24) is 5.32 Å². The molecule has 1 aliphatic heterocycles. The van der Waals surface area contributed by atoms with Gasteiger partial charge in [-0.1, -0.05) is 13.8 Å². The topological polar surface area (TPSA) is 15.3 Å². The van der Waals surface area contributed by atoms with Crippen molar-refractivity contribution in [3.63, 3.8) is 0 Å². The molecule has 0 saturated carbocycles. The summed E-state index contributed by atoms with van der Waals surface area (Å²) in [6, 6.07) is 6.33. The van der Waals surface area contributed by atoms with E-state index in [1.165, 1.54) is 6.07 Å². The predicted octanol–water partition coefficient (Wildman–Crippen LogP) is 3.80. The van der Waals surface area contributed by atoms with Crippen LogP contribution in [0.1, 0.15) is 27.2 Å². The Labute approximate surface area is 123 Å². The third kappa shape index (κ3) is 3.11. The summed E-state index contributed by atoms with van der Waals surface area (Å²) in [4.78, 5) is 2.38. The lowest BCUT2D eigenvalue weighted by atomic mass is 9.86. The molecule has 1 saturated heterocycles. The van der Waals surface area contributed by atoms with Crippen molar-refractivity contribution in [1.29, 1.82) is 0 Å². The first-order valence-corrected chi connectivity index (χ1v) is 7.79. The molecule has 4 heteroatoms. The van der Waals surface area contributed by atoms with Crippen molar-refractivity contribution in [3.05, 3.63) is 28.5 Å². The minimum absolute atomic E-state index is 0.202. The van der Waals surface area contributed by atoms with Gasteiger partial charge in [0.25, 0.3) is 0 Å². The van der Waals surface area contributed by atoms with Gasteiger partial charge in [0.05, 0.1) is 4.47 Å². The number of rotatable bonds is 3. The van der Waals surface area contributed by atoms with E-state index in [1.807, 2.05) is 12.1 Å². The molecular formula is C15H22BrFN2. The maximum absolute atomic E-state index is 13.3. The van der Waals surface area contributed by atoms with E-state index >= 15 is 0 Å². The van der Waals surface area contributed by atoms with E-state index in [9.17, 15) is 4.39 Å². The van der Waals surface area contributed by atoms with Crippen molar-refractivity contribution in [2.45, 2.75) is 39.3 Å². The van der Waals surface area contributed by atoms with Crippen LogP contribution < -0.4 is 10.2 Å². The Morgan fingerprint density at radius 3 is 2.79 bits per heavy atom. The lowest BCUT2D eigenvalue weighted by molar-refractivity contribution is 0.274. The van der Waals surface area contributed by atoms with Crippen LogP contribution in [0.2, 0.25) is 0 Å². The zero-order chi connectivity index (χ0) is 14.0. The molecule has 1 aliphatic rings. The van der Waals surface area contributed by atoms with E-state index < -0.39 is 0 Å². The van der Waals surface area contributed by atoms with E-state index in [1.54, 1.807) is 0 Å². The minimum atomic E-state index is -0.202. The summed E-state index contributed by atoms with van der Waals surface area (Å²) in [5.74, 6) is 0.379. The first kappa shape index (κ1) is 14.8. The summed E-state index contributed by atoms with van der Waals surface area (Å²) in [5, 5.41) is 3.56. The van der Waals surface area contributed by atoms with Crippen LogP contribution in [-0.2, 0) is 0 Å². The maximum atomic E-state index is 13.3. The molecule has 0 bridgehead atoms.